The van der Waals surface area contributed by atoms with Gasteiger partial charge in [0.1, 0.15) is 15.6 Å². The van der Waals surface area contributed by atoms with Crippen molar-refractivity contribution in [3.8, 4) is 5.75 Å². The van der Waals surface area contributed by atoms with E-state index >= 15 is 0 Å². The Morgan fingerprint density at radius 1 is 1.53 bits per heavy atom. The topological polar surface area (TPSA) is 66.8 Å². The number of carbonyl (C=O) groups excluding carboxylic acids is 1. The SMILES string of the molecule is COc1cc(C(=O)N2CCCCC2C(=O)O)sc1Br. The van der Waals surface area contributed by atoms with Crippen LogP contribution in [-0.2, 0) is 4.79 Å². The number of hydrogen-bond donors (Lipinski definition) is 1. The van der Waals surface area contributed by atoms with Crippen LogP contribution in [0.15, 0.2) is 9.85 Å². The molecule has 0 spiro atoms. The number of amides is 1. The van der Waals surface area contributed by atoms with Gasteiger partial charge in [-0.15, -0.1) is 11.3 Å². The molecule has 5 nitrogen and oxygen atoms in total. The molecule has 1 aliphatic heterocycles. The van der Waals surface area contributed by atoms with Gasteiger partial charge in [-0.05, 0) is 35.2 Å². The molecule has 19 heavy (non-hydrogen) atoms. The largest absolute Gasteiger partial charge is 0.495 e. The van der Waals surface area contributed by atoms with Crippen LogP contribution in [0, 0.1) is 0 Å². The molecule has 1 saturated heterocycles. The molecule has 1 N–H and O–H groups in total. The number of carbonyl (C=O) groups is 2. The van der Waals surface area contributed by atoms with Crippen LogP contribution in [0.5, 0.6) is 5.75 Å². The van der Waals surface area contributed by atoms with E-state index in [2.05, 4.69) is 15.9 Å². The average Bonchev–Trinajstić information content (AvgIpc) is 2.79. The Morgan fingerprint density at radius 2 is 2.26 bits per heavy atom. The summed E-state index contributed by atoms with van der Waals surface area (Å²) in [6, 6.07) is 0.929. The summed E-state index contributed by atoms with van der Waals surface area (Å²) >= 11 is 4.58. The van der Waals surface area contributed by atoms with E-state index in [1.165, 1.54) is 23.3 Å². The van der Waals surface area contributed by atoms with Crippen molar-refractivity contribution >= 4 is 39.1 Å². The summed E-state index contributed by atoms with van der Waals surface area (Å²) < 4.78 is 5.85. The van der Waals surface area contributed by atoms with Crippen molar-refractivity contribution in [1.82, 2.24) is 4.90 Å². The molecule has 1 amide bonds. The maximum Gasteiger partial charge on any atom is 0.326 e. The van der Waals surface area contributed by atoms with Gasteiger partial charge in [0.15, 0.2) is 0 Å². The first kappa shape index (κ1) is 14.3. The number of halogens is 1. The highest BCUT2D eigenvalue weighted by Crippen LogP contribution is 2.35. The molecule has 0 aromatic carbocycles. The summed E-state index contributed by atoms with van der Waals surface area (Å²) in [5, 5.41) is 9.19. The molecule has 2 heterocycles. The summed E-state index contributed by atoms with van der Waals surface area (Å²) in [4.78, 5) is 25.5. The first-order chi connectivity index (χ1) is 9.04. The Hall–Kier alpha value is -1.08. The number of thiophene rings is 1. The van der Waals surface area contributed by atoms with Crippen LogP contribution in [0.4, 0.5) is 0 Å². The van der Waals surface area contributed by atoms with Crippen molar-refractivity contribution in [3.63, 3.8) is 0 Å². The quantitative estimate of drug-likeness (QED) is 0.912. The van der Waals surface area contributed by atoms with Gasteiger partial charge in [-0.3, -0.25) is 4.79 Å². The van der Waals surface area contributed by atoms with Gasteiger partial charge in [-0.2, -0.15) is 0 Å². The van der Waals surface area contributed by atoms with Crippen molar-refractivity contribution in [2.45, 2.75) is 25.3 Å². The van der Waals surface area contributed by atoms with Gasteiger partial charge in [-0.1, -0.05) is 0 Å². The normalized spacial score (nSPS) is 19.3. The van der Waals surface area contributed by atoms with Crippen LogP contribution in [-0.4, -0.2) is 41.6 Å². The highest BCUT2D eigenvalue weighted by Gasteiger charge is 2.33. The lowest BCUT2D eigenvalue weighted by Crippen LogP contribution is -2.47. The minimum Gasteiger partial charge on any atom is -0.495 e. The molecule has 1 fully saturated rings. The molecule has 0 bridgehead atoms. The Labute approximate surface area is 123 Å². The van der Waals surface area contributed by atoms with Crippen LogP contribution >= 0.6 is 27.3 Å². The third kappa shape index (κ3) is 2.92. The fourth-order valence-corrected chi connectivity index (χ4v) is 3.78. The zero-order valence-electron chi connectivity index (χ0n) is 10.4. The lowest BCUT2D eigenvalue weighted by Gasteiger charge is -2.32. The molecule has 1 unspecified atom stereocenters. The van der Waals surface area contributed by atoms with E-state index < -0.39 is 12.0 Å². The van der Waals surface area contributed by atoms with Gasteiger partial charge in [0.25, 0.3) is 5.91 Å². The number of ether oxygens (including phenoxy) is 1. The number of methoxy groups -OCH3 is 1. The molecular formula is C12H14BrNO4S. The summed E-state index contributed by atoms with van der Waals surface area (Å²) in [7, 11) is 1.53. The minimum absolute atomic E-state index is 0.235. The first-order valence-electron chi connectivity index (χ1n) is 5.91. The Bertz CT molecular complexity index is 502. The number of likely N-dealkylation sites (tertiary alicyclic amines) is 1. The number of rotatable bonds is 3. The molecule has 1 aliphatic rings. The highest BCUT2D eigenvalue weighted by molar-refractivity contribution is 9.11. The number of aliphatic carboxylic acids is 1. The molecular weight excluding hydrogens is 334 g/mol. The van der Waals surface area contributed by atoms with Crippen LogP contribution in [0.1, 0.15) is 28.9 Å². The van der Waals surface area contributed by atoms with E-state index in [0.717, 1.165) is 16.6 Å². The minimum atomic E-state index is -0.935. The number of hydrogen-bond acceptors (Lipinski definition) is 4. The van der Waals surface area contributed by atoms with E-state index in [0.29, 0.717) is 23.6 Å². The fraction of sp³-hybridized carbons (Fsp3) is 0.500. The van der Waals surface area contributed by atoms with E-state index in [9.17, 15) is 14.7 Å². The van der Waals surface area contributed by atoms with E-state index in [1.54, 1.807) is 6.07 Å². The van der Waals surface area contributed by atoms with Crippen molar-refractivity contribution in [3.05, 3.63) is 14.7 Å². The molecule has 1 atom stereocenters. The van der Waals surface area contributed by atoms with Gasteiger partial charge in [-0.25, -0.2) is 4.79 Å². The number of carboxylic acid groups (broad SMARTS) is 1. The van der Waals surface area contributed by atoms with Gasteiger partial charge >= 0.3 is 5.97 Å². The Kier molecular flexibility index (Phi) is 4.46. The summed E-state index contributed by atoms with van der Waals surface area (Å²) in [6.07, 6.45) is 2.21. The summed E-state index contributed by atoms with van der Waals surface area (Å²) in [6.45, 7) is 0.494. The smallest absolute Gasteiger partial charge is 0.326 e. The first-order valence-corrected chi connectivity index (χ1v) is 7.52. The van der Waals surface area contributed by atoms with Crippen LogP contribution in [0.3, 0.4) is 0 Å². The summed E-state index contributed by atoms with van der Waals surface area (Å²) in [5.74, 6) is -0.575. The van der Waals surface area contributed by atoms with Gasteiger partial charge in [0.05, 0.1) is 12.0 Å². The highest BCUT2D eigenvalue weighted by atomic mass is 79.9. The van der Waals surface area contributed by atoms with Crippen molar-refractivity contribution in [2.75, 3.05) is 13.7 Å². The predicted octanol–water partition coefficient (Wildman–Crippen LogP) is 2.60. The van der Waals surface area contributed by atoms with Crippen LogP contribution in [0.2, 0.25) is 0 Å². The fourth-order valence-electron chi connectivity index (χ4n) is 2.17. The molecule has 0 saturated carbocycles. The van der Waals surface area contributed by atoms with Crippen molar-refractivity contribution in [2.24, 2.45) is 0 Å². The second kappa shape index (κ2) is 5.92. The molecule has 1 aromatic heterocycles. The number of carboxylic acids is 1. The maximum absolute atomic E-state index is 12.4. The lowest BCUT2D eigenvalue weighted by atomic mass is 10.0. The maximum atomic E-state index is 12.4. The molecule has 104 valence electrons. The molecule has 2 rings (SSSR count). The second-order valence-corrected chi connectivity index (χ2v) is 6.67. The lowest BCUT2D eigenvalue weighted by molar-refractivity contribution is -0.143. The van der Waals surface area contributed by atoms with Gasteiger partial charge < -0.3 is 14.7 Å². The monoisotopic (exact) mass is 347 g/mol. The zero-order chi connectivity index (χ0) is 14.0. The van der Waals surface area contributed by atoms with Gasteiger partial charge in [0.2, 0.25) is 0 Å². The third-order valence-corrected chi connectivity index (χ3v) is 4.90. The summed E-state index contributed by atoms with van der Waals surface area (Å²) in [5.41, 5.74) is 0. The van der Waals surface area contributed by atoms with Crippen molar-refractivity contribution < 1.29 is 19.4 Å². The van der Waals surface area contributed by atoms with Crippen LogP contribution < -0.4 is 4.74 Å². The average molecular weight is 348 g/mol. The molecule has 7 heteroatoms. The van der Waals surface area contributed by atoms with Crippen molar-refractivity contribution in [1.29, 1.82) is 0 Å². The number of piperidine rings is 1. The van der Waals surface area contributed by atoms with E-state index in [4.69, 9.17) is 4.74 Å². The molecule has 1 aromatic rings. The number of nitrogens with zero attached hydrogens (tertiary/aromatic N) is 1. The van der Waals surface area contributed by atoms with Crippen LogP contribution in [0.25, 0.3) is 0 Å². The standard InChI is InChI=1S/C12H14BrNO4S/c1-18-8-6-9(19-10(8)13)11(15)14-5-3-2-4-7(14)12(16)17/h6-7H,2-5H2,1H3,(H,16,17). The van der Waals surface area contributed by atoms with E-state index in [-0.39, 0.29) is 5.91 Å². The third-order valence-electron chi connectivity index (χ3n) is 3.13. The molecule has 0 radical (unpaired) electrons. The Morgan fingerprint density at radius 3 is 2.84 bits per heavy atom. The van der Waals surface area contributed by atoms with Gasteiger partial charge in [0, 0.05) is 12.6 Å². The second-order valence-electron chi connectivity index (χ2n) is 4.30. The molecule has 0 aliphatic carbocycles. The van der Waals surface area contributed by atoms with E-state index in [1.807, 2.05) is 0 Å². The zero-order valence-corrected chi connectivity index (χ0v) is 12.8. The predicted molar refractivity (Wildman–Crippen MR) is 74.9 cm³/mol. The Balaban J connectivity index is 2.23.